The van der Waals surface area contributed by atoms with E-state index in [1.807, 2.05) is 6.07 Å². The lowest BCUT2D eigenvalue weighted by Gasteiger charge is -1.96. The molecule has 0 aliphatic carbocycles. The minimum Gasteiger partial charge on any atom is -0.330 e. The van der Waals surface area contributed by atoms with Gasteiger partial charge in [0, 0.05) is 6.42 Å². The molecule has 2 rings (SSSR count). The molecular formula is C7H9N5O. The first-order valence-electron chi connectivity index (χ1n) is 3.94. The average Bonchev–Trinajstić information content (AvgIpc) is 2.49. The predicted octanol–water partition coefficient (Wildman–Crippen LogP) is -1.08. The van der Waals surface area contributed by atoms with Gasteiger partial charge in [0.2, 0.25) is 0 Å². The molecule has 0 fully saturated rings. The normalized spacial score (nSPS) is 10.8. The number of nitrogens with two attached hydrogens (primary N) is 1. The third-order valence-electron chi connectivity index (χ3n) is 1.73. The molecule has 0 amide bonds. The average molecular weight is 179 g/mol. The molecule has 13 heavy (non-hydrogen) atoms. The number of hydrogen-bond donors (Lipinski definition) is 2. The van der Waals surface area contributed by atoms with Crippen LogP contribution in [0.15, 0.2) is 16.9 Å². The van der Waals surface area contributed by atoms with Crippen LogP contribution in [-0.4, -0.2) is 26.4 Å². The van der Waals surface area contributed by atoms with Crippen LogP contribution in [0.2, 0.25) is 0 Å². The van der Waals surface area contributed by atoms with Crippen molar-refractivity contribution in [1.29, 1.82) is 0 Å². The topological polar surface area (TPSA) is 89.1 Å². The van der Waals surface area contributed by atoms with E-state index in [2.05, 4.69) is 15.3 Å². The fraction of sp³-hybridized carbons (Fsp3) is 0.286. The van der Waals surface area contributed by atoms with E-state index in [1.54, 1.807) is 6.07 Å². The molecule has 0 aliphatic heterocycles. The van der Waals surface area contributed by atoms with Crippen molar-refractivity contribution >= 4 is 5.65 Å². The number of aromatic amines is 1. The number of fused-ring (bicyclic) bond motifs is 1. The first-order valence-corrected chi connectivity index (χ1v) is 3.94. The molecule has 6 heteroatoms. The van der Waals surface area contributed by atoms with Gasteiger partial charge in [-0.25, -0.2) is 9.89 Å². The number of hydrogen-bond acceptors (Lipinski definition) is 4. The van der Waals surface area contributed by atoms with E-state index in [-0.39, 0.29) is 5.69 Å². The molecule has 6 nitrogen and oxygen atoms in total. The Morgan fingerprint density at radius 1 is 1.54 bits per heavy atom. The summed E-state index contributed by atoms with van der Waals surface area (Å²) in [7, 11) is 0. The number of H-pyrrole nitrogens is 1. The van der Waals surface area contributed by atoms with Gasteiger partial charge in [0.25, 0.3) is 0 Å². The summed E-state index contributed by atoms with van der Waals surface area (Å²) in [5.41, 5.74) is 6.35. The molecule has 68 valence electrons. The highest BCUT2D eigenvalue weighted by Crippen LogP contribution is 1.96. The Morgan fingerprint density at radius 3 is 3.15 bits per heavy atom. The molecule has 2 heterocycles. The molecule has 3 N–H and O–H groups in total. The maximum Gasteiger partial charge on any atom is 0.364 e. The van der Waals surface area contributed by atoms with Crippen LogP contribution in [0.5, 0.6) is 0 Å². The van der Waals surface area contributed by atoms with Crippen molar-refractivity contribution in [1.82, 2.24) is 19.8 Å². The van der Waals surface area contributed by atoms with E-state index >= 15 is 0 Å². The third kappa shape index (κ3) is 1.31. The van der Waals surface area contributed by atoms with Gasteiger partial charge < -0.3 is 5.73 Å². The Balaban J connectivity index is 2.59. The monoisotopic (exact) mass is 179 g/mol. The second kappa shape index (κ2) is 2.98. The first kappa shape index (κ1) is 7.93. The van der Waals surface area contributed by atoms with Crippen molar-refractivity contribution < 1.29 is 0 Å². The van der Waals surface area contributed by atoms with Crippen LogP contribution < -0.4 is 11.4 Å². The molecule has 0 radical (unpaired) electrons. The minimum atomic E-state index is -0.325. The minimum absolute atomic E-state index is 0.325. The summed E-state index contributed by atoms with van der Waals surface area (Å²) in [6.45, 7) is 0.519. The SMILES string of the molecule is NCCc1ccc2n[nH]c(=O)n2n1. The lowest BCUT2D eigenvalue weighted by molar-refractivity contribution is 0.805. The summed E-state index contributed by atoms with van der Waals surface area (Å²) < 4.78 is 1.23. The van der Waals surface area contributed by atoms with Gasteiger partial charge in [-0.05, 0) is 18.7 Å². The van der Waals surface area contributed by atoms with Crippen molar-refractivity contribution in [3.63, 3.8) is 0 Å². The summed E-state index contributed by atoms with van der Waals surface area (Å²) in [5.74, 6) is 0. The zero-order chi connectivity index (χ0) is 9.26. The predicted molar refractivity (Wildman–Crippen MR) is 46.4 cm³/mol. The summed E-state index contributed by atoms with van der Waals surface area (Å²) in [5, 5.41) is 10.1. The van der Waals surface area contributed by atoms with Crippen molar-refractivity contribution in [2.75, 3.05) is 6.54 Å². The maximum absolute atomic E-state index is 11.1. The van der Waals surface area contributed by atoms with E-state index < -0.39 is 0 Å². The Kier molecular flexibility index (Phi) is 1.82. The number of nitrogens with one attached hydrogen (secondary N) is 1. The molecule has 0 unspecified atom stereocenters. The number of nitrogens with zero attached hydrogens (tertiary/aromatic N) is 3. The van der Waals surface area contributed by atoms with Crippen molar-refractivity contribution in [3.05, 3.63) is 28.3 Å². The molecule has 0 atom stereocenters. The highest BCUT2D eigenvalue weighted by molar-refractivity contribution is 5.34. The molecule has 0 spiro atoms. The zero-order valence-electron chi connectivity index (χ0n) is 6.90. The summed E-state index contributed by atoms with van der Waals surface area (Å²) in [4.78, 5) is 11.1. The van der Waals surface area contributed by atoms with Crippen LogP contribution in [0.1, 0.15) is 5.69 Å². The van der Waals surface area contributed by atoms with Crippen LogP contribution in [-0.2, 0) is 6.42 Å². The fourth-order valence-corrected chi connectivity index (χ4v) is 1.12. The standard InChI is InChI=1S/C7H9N5O/c8-4-3-5-1-2-6-9-10-7(13)12(6)11-5/h1-2H,3-4,8H2,(H,10,13). The van der Waals surface area contributed by atoms with E-state index in [4.69, 9.17) is 5.73 Å². The van der Waals surface area contributed by atoms with Crippen LogP contribution in [0.3, 0.4) is 0 Å². The first-order chi connectivity index (χ1) is 6.31. The second-order valence-electron chi connectivity index (χ2n) is 2.66. The second-order valence-corrected chi connectivity index (χ2v) is 2.66. The fourth-order valence-electron chi connectivity index (χ4n) is 1.12. The number of rotatable bonds is 2. The van der Waals surface area contributed by atoms with Gasteiger partial charge in [-0.1, -0.05) is 0 Å². The largest absolute Gasteiger partial charge is 0.364 e. The van der Waals surface area contributed by atoms with E-state index in [0.717, 1.165) is 5.69 Å². The van der Waals surface area contributed by atoms with Crippen molar-refractivity contribution in [2.24, 2.45) is 5.73 Å². The Morgan fingerprint density at radius 2 is 2.38 bits per heavy atom. The molecule has 0 saturated carbocycles. The zero-order valence-corrected chi connectivity index (χ0v) is 6.90. The smallest absolute Gasteiger partial charge is 0.330 e. The Hall–Kier alpha value is -1.69. The Labute approximate surface area is 73.4 Å². The molecule has 2 aromatic heterocycles. The molecular weight excluding hydrogens is 170 g/mol. The summed E-state index contributed by atoms with van der Waals surface area (Å²) in [6, 6.07) is 3.54. The van der Waals surface area contributed by atoms with E-state index in [1.165, 1.54) is 4.52 Å². The van der Waals surface area contributed by atoms with Crippen LogP contribution in [0.4, 0.5) is 0 Å². The lowest BCUT2D eigenvalue weighted by Crippen LogP contribution is -2.14. The molecule has 0 saturated heterocycles. The van der Waals surface area contributed by atoms with Gasteiger partial charge in [-0.2, -0.15) is 14.7 Å². The van der Waals surface area contributed by atoms with Crippen molar-refractivity contribution in [3.8, 4) is 0 Å². The number of aromatic nitrogens is 4. The molecule has 0 aromatic carbocycles. The maximum atomic E-state index is 11.1. The lowest BCUT2D eigenvalue weighted by atomic mass is 10.3. The molecule has 2 aromatic rings. The van der Waals surface area contributed by atoms with Gasteiger partial charge in [0.05, 0.1) is 5.69 Å². The van der Waals surface area contributed by atoms with Gasteiger partial charge in [0.1, 0.15) is 0 Å². The highest BCUT2D eigenvalue weighted by atomic mass is 16.2. The third-order valence-corrected chi connectivity index (χ3v) is 1.73. The highest BCUT2D eigenvalue weighted by Gasteiger charge is 2.01. The van der Waals surface area contributed by atoms with Gasteiger partial charge in [0.15, 0.2) is 5.65 Å². The van der Waals surface area contributed by atoms with Crippen LogP contribution in [0.25, 0.3) is 5.65 Å². The summed E-state index contributed by atoms with van der Waals surface area (Å²) >= 11 is 0. The van der Waals surface area contributed by atoms with Crippen LogP contribution >= 0.6 is 0 Å². The molecule has 0 aliphatic rings. The van der Waals surface area contributed by atoms with E-state index in [9.17, 15) is 4.79 Å². The Bertz CT molecular complexity index is 471. The van der Waals surface area contributed by atoms with Crippen LogP contribution in [0, 0.1) is 0 Å². The van der Waals surface area contributed by atoms with Gasteiger partial charge in [-0.3, -0.25) is 0 Å². The summed E-state index contributed by atoms with van der Waals surface area (Å²) in [6.07, 6.45) is 0.660. The van der Waals surface area contributed by atoms with Gasteiger partial charge in [-0.15, -0.1) is 0 Å². The van der Waals surface area contributed by atoms with Gasteiger partial charge >= 0.3 is 5.69 Å². The quantitative estimate of drug-likeness (QED) is 0.613. The molecule has 0 bridgehead atoms. The van der Waals surface area contributed by atoms with Crippen molar-refractivity contribution in [2.45, 2.75) is 6.42 Å². The van der Waals surface area contributed by atoms with E-state index in [0.29, 0.717) is 18.6 Å².